The number of benzene rings is 2. The van der Waals surface area contributed by atoms with Crippen LogP contribution in [0.4, 0.5) is 0 Å². The van der Waals surface area contributed by atoms with Gasteiger partial charge in [0.05, 0.1) is 4.90 Å². The highest BCUT2D eigenvalue weighted by Gasteiger charge is 2.13. The van der Waals surface area contributed by atoms with Crippen molar-refractivity contribution >= 4 is 9.84 Å². The van der Waals surface area contributed by atoms with Gasteiger partial charge in [-0.05, 0) is 49.2 Å². The first kappa shape index (κ1) is 21.2. The van der Waals surface area contributed by atoms with Crippen molar-refractivity contribution in [3.63, 3.8) is 0 Å². The highest BCUT2D eigenvalue weighted by Crippen LogP contribution is 2.21. The zero-order valence-electron chi connectivity index (χ0n) is 15.9. The lowest BCUT2D eigenvalue weighted by atomic mass is 10.2. The molecule has 2 aromatic rings. The molecule has 0 aromatic heterocycles. The van der Waals surface area contributed by atoms with E-state index >= 15 is 0 Å². The fourth-order valence-electron chi connectivity index (χ4n) is 2.58. The van der Waals surface area contributed by atoms with Crippen LogP contribution in [-0.2, 0) is 9.84 Å². The van der Waals surface area contributed by atoms with Crippen molar-refractivity contribution in [3.8, 4) is 11.5 Å². The molecule has 0 saturated carbocycles. The summed E-state index contributed by atoms with van der Waals surface area (Å²) in [6.45, 7) is 4.11. The normalized spacial score (nSPS) is 13.8. The summed E-state index contributed by atoms with van der Waals surface area (Å²) in [5, 5.41) is 13.3. The van der Waals surface area contributed by atoms with Gasteiger partial charge in [-0.3, -0.25) is 5.32 Å². The summed E-state index contributed by atoms with van der Waals surface area (Å²) >= 11 is 0. The fraction of sp³-hybridized carbons (Fsp3) is 0.400. The van der Waals surface area contributed by atoms with Crippen LogP contribution in [0, 0.1) is 6.92 Å². The number of rotatable bonds is 10. The summed E-state index contributed by atoms with van der Waals surface area (Å²) in [4.78, 5) is 0.279. The molecule has 0 aliphatic rings. The number of nitrogens with one attached hydrogen (secondary N) is 1. The van der Waals surface area contributed by atoms with Crippen molar-refractivity contribution in [2.75, 3.05) is 19.4 Å². The van der Waals surface area contributed by atoms with Gasteiger partial charge >= 0.3 is 0 Å². The highest BCUT2D eigenvalue weighted by atomic mass is 32.2. The van der Waals surface area contributed by atoms with Gasteiger partial charge in [-0.25, -0.2) is 8.42 Å². The Morgan fingerprint density at radius 1 is 1.11 bits per heavy atom. The van der Waals surface area contributed by atoms with Crippen LogP contribution in [0.15, 0.2) is 53.4 Å². The number of para-hydroxylation sites is 1. The third kappa shape index (κ3) is 6.86. The van der Waals surface area contributed by atoms with Gasteiger partial charge in [0.1, 0.15) is 30.4 Å². The van der Waals surface area contributed by atoms with E-state index in [9.17, 15) is 13.5 Å². The molecule has 7 heteroatoms. The van der Waals surface area contributed by atoms with Crippen molar-refractivity contribution in [1.29, 1.82) is 0 Å². The van der Waals surface area contributed by atoms with Gasteiger partial charge in [-0.15, -0.1) is 0 Å². The molecule has 0 aliphatic carbocycles. The van der Waals surface area contributed by atoms with Gasteiger partial charge in [-0.1, -0.05) is 25.1 Å². The SMILES string of the molecule is CCC(NCC(O)COc1ccc(S(C)(=O)=O)c(C)c1)Oc1ccccc1. The minimum Gasteiger partial charge on any atom is -0.491 e. The second kappa shape index (κ2) is 9.73. The first-order valence-electron chi connectivity index (χ1n) is 8.86. The van der Waals surface area contributed by atoms with Crippen molar-refractivity contribution in [1.82, 2.24) is 5.32 Å². The second-order valence-corrected chi connectivity index (χ2v) is 8.38. The van der Waals surface area contributed by atoms with Crippen LogP contribution in [0.3, 0.4) is 0 Å². The lowest BCUT2D eigenvalue weighted by molar-refractivity contribution is 0.0813. The van der Waals surface area contributed by atoms with Gasteiger partial charge in [0.2, 0.25) is 0 Å². The Labute approximate surface area is 161 Å². The van der Waals surface area contributed by atoms with Crippen LogP contribution in [0.2, 0.25) is 0 Å². The molecule has 6 nitrogen and oxygen atoms in total. The Morgan fingerprint density at radius 3 is 2.41 bits per heavy atom. The van der Waals surface area contributed by atoms with E-state index in [-0.39, 0.29) is 17.7 Å². The van der Waals surface area contributed by atoms with Crippen LogP contribution in [0.1, 0.15) is 18.9 Å². The Kier molecular flexibility index (Phi) is 7.65. The smallest absolute Gasteiger partial charge is 0.175 e. The minimum absolute atomic E-state index is 0.0897. The minimum atomic E-state index is -3.26. The first-order chi connectivity index (χ1) is 12.8. The van der Waals surface area contributed by atoms with Gasteiger partial charge < -0.3 is 14.6 Å². The van der Waals surface area contributed by atoms with E-state index in [2.05, 4.69) is 5.32 Å². The summed E-state index contributed by atoms with van der Waals surface area (Å²) in [6, 6.07) is 14.3. The Bertz CT molecular complexity index is 824. The quantitative estimate of drug-likeness (QED) is 0.604. The number of hydrogen-bond acceptors (Lipinski definition) is 6. The first-order valence-corrected chi connectivity index (χ1v) is 10.8. The fourth-order valence-corrected chi connectivity index (χ4v) is 3.54. The molecule has 0 bridgehead atoms. The maximum atomic E-state index is 11.6. The van der Waals surface area contributed by atoms with Crippen molar-refractivity contribution in [3.05, 3.63) is 54.1 Å². The summed E-state index contributed by atoms with van der Waals surface area (Å²) in [5.41, 5.74) is 0.616. The van der Waals surface area contributed by atoms with Gasteiger partial charge in [0, 0.05) is 12.8 Å². The van der Waals surface area contributed by atoms with E-state index in [0.717, 1.165) is 12.2 Å². The highest BCUT2D eigenvalue weighted by molar-refractivity contribution is 7.90. The number of aliphatic hydroxyl groups excluding tert-OH is 1. The topological polar surface area (TPSA) is 84.9 Å². The average Bonchev–Trinajstić information content (AvgIpc) is 2.63. The number of sulfone groups is 1. The largest absolute Gasteiger partial charge is 0.491 e. The molecular formula is C20H27NO5S. The van der Waals surface area contributed by atoms with Crippen LogP contribution in [-0.4, -0.2) is 45.3 Å². The number of hydrogen-bond donors (Lipinski definition) is 2. The van der Waals surface area contributed by atoms with E-state index in [1.807, 2.05) is 37.3 Å². The molecule has 148 valence electrons. The lowest BCUT2D eigenvalue weighted by Gasteiger charge is -2.21. The molecule has 27 heavy (non-hydrogen) atoms. The average molecular weight is 394 g/mol. The molecule has 0 heterocycles. The molecule has 2 unspecified atom stereocenters. The maximum absolute atomic E-state index is 11.6. The summed E-state index contributed by atoms with van der Waals surface area (Å²) in [7, 11) is -3.26. The van der Waals surface area contributed by atoms with Crippen LogP contribution in [0.5, 0.6) is 11.5 Å². The number of ether oxygens (including phenoxy) is 2. The number of aliphatic hydroxyl groups is 1. The summed E-state index contributed by atoms with van der Waals surface area (Å²) < 4.78 is 34.7. The Hall–Kier alpha value is -2.09. The molecule has 2 rings (SSSR count). The molecule has 0 aliphatic heterocycles. The van der Waals surface area contributed by atoms with E-state index in [0.29, 0.717) is 17.9 Å². The molecule has 0 fully saturated rings. The molecule has 0 radical (unpaired) electrons. The second-order valence-electron chi connectivity index (χ2n) is 6.40. The molecule has 2 atom stereocenters. The molecule has 0 spiro atoms. The van der Waals surface area contributed by atoms with Crippen LogP contribution < -0.4 is 14.8 Å². The van der Waals surface area contributed by atoms with E-state index in [1.54, 1.807) is 19.1 Å². The summed E-state index contributed by atoms with van der Waals surface area (Å²) in [5.74, 6) is 1.29. The van der Waals surface area contributed by atoms with Crippen LogP contribution >= 0.6 is 0 Å². The predicted molar refractivity (Wildman–Crippen MR) is 105 cm³/mol. The third-order valence-electron chi connectivity index (χ3n) is 3.96. The maximum Gasteiger partial charge on any atom is 0.175 e. The van der Waals surface area contributed by atoms with Crippen molar-refractivity contribution in [2.24, 2.45) is 0 Å². The molecule has 2 N–H and O–H groups in total. The van der Waals surface area contributed by atoms with Crippen molar-refractivity contribution < 1.29 is 23.0 Å². The molecule has 2 aromatic carbocycles. The standard InChI is InChI=1S/C20H27NO5S/c1-4-20(26-17-8-6-5-7-9-17)21-13-16(22)14-25-18-10-11-19(15(2)12-18)27(3,23)24/h5-12,16,20-22H,4,13-14H2,1-3H3. The molecule has 0 amide bonds. The van der Waals surface area contributed by atoms with Crippen LogP contribution in [0.25, 0.3) is 0 Å². The summed E-state index contributed by atoms with van der Waals surface area (Å²) in [6.07, 6.45) is 0.980. The van der Waals surface area contributed by atoms with E-state index < -0.39 is 15.9 Å². The zero-order chi connectivity index (χ0) is 19.9. The van der Waals surface area contributed by atoms with Crippen molar-refractivity contribution in [2.45, 2.75) is 37.5 Å². The lowest BCUT2D eigenvalue weighted by Crippen LogP contribution is -2.40. The zero-order valence-corrected chi connectivity index (χ0v) is 16.7. The Balaban J connectivity index is 1.81. The third-order valence-corrected chi connectivity index (χ3v) is 5.22. The predicted octanol–water partition coefficient (Wildman–Crippen LogP) is 2.54. The number of aryl methyl sites for hydroxylation is 1. The molecular weight excluding hydrogens is 366 g/mol. The van der Waals surface area contributed by atoms with Gasteiger partial charge in [0.15, 0.2) is 9.84 Å². The van der Waals surface area contributed by atoms with Gasteiger partial charge in [0.25, 0.3) is 0 Å². The Morgan fingerprint density at radius 2 is 1.81 bits per heavy atom. The van der Waals surface area contributed by atoms with E-state index in [4.69, 9.17) is 9.47 Å². The van der Waals surface area contributed by atoms with Gasteiger partial charge in [-0.2, -0.15) is 0 Å². The van der Waals surface area contributed by atoms with E-state index in [1.165, 1.54) is 12.3 Å². The monoisotopic (exact) mass is 393 g/mol. The molecule has 0 saturated heterocycles.